The van der Waals surface area contributed by atoms with Crippen LogP contribution in [0.3, 0.4) is 0 Å². The lowest BCUT2D eigenvalue weighted by molar-refractivity contribution is -0.383. The molecule has 104 valence electrons. The van der Waals surface area contributed by atoms with Crippen LogP contribution in [-0.4, -0.2) is 21.4 Å². The van der Waals surface area contributed by atoms with Gasteiger partial charge in [0.15, 0.2) is 0 Å². The largest absolute Gasteiger partial charge is 0.378 e. The highest BCUT2D eigenvalue weighted by Gasteiger charge is 2.32. The maximum Gasteiger partial charge on any atom is 0.353 e. The number of anilines is 2. The van der Waals surface area contributed by atoms with E-state index in [9.17, 15) is 10.1 Å². The van der Waals surface area contributed by atoms with Crippen LogP contribution in [0.2, 0.25) is 0 Å². The van der Waals surface area contributed by atoms with E-state index in [1.54, 1.807) is 11.3 Å². The summed E-state index contributed by atoms with van der Waals surface area (Å²) >= 11 is 1.72. The fourth-order valence-electron chi connectivity index (χ4n) is 2.57. The van der Waals surface area contributed by atoms with Gasteiger partial charge < -0.3 is 10.6 Å². The van der Waals surface area contributed by atoms with Crippen LogP contribution in [0, 0.1) is 10.1 Å². The molecule has 7 nitrogen and oxygen atoms in total. The Hall–Kier alpha value is -2.22. The number of rotatable bonds is 2. The van der Waals surface area contributed by atoms with Crippen molar-refractivity contribution in [3.63, 3.8) is 0 Å². The van der Waals surface area contributed by atoms with Crippen LogP contribution in [0.1, 0.15) is 23.4 Å². The van der Waals surface area contributed by atoms with Crippen LogP contribution < -0.4 is 10.6 Å². The van der Waals surface area contributed by atoms with Crippen LogP contribution >= 0.6 is 11.3 Å². The Morgan fingerprint density at radius 1 is 1.55 bits per heavy atom. The van der Waals surface area contributed by atoms with Crippen molar-refractivity contribution in [1.29, 1.82) is 0 Å². The maximum absolute atomic E-state index is 11.2. The van der Waals surface area contributed by atoms with Crippen LogP contribution in [0.4, 0.5) is 17.3 Å². The zero-order valence-electron chi connectivity index (χ0n) is 10.8. The lowest BCUT2D eigenvalue weighted by Gasteiger charge is -2.34. The highest BCUT2D eigenvalue weighted by molar-refractivity contribution is 7.10. The highest BCUT2D eigenvalue weighted by Crippen LogP contribution is 2.39. The summed E-state index contributed by atoms with van der Waals surface area (Å²) in [7, 11) is 0. The summed E-state index contributed by atoms with van der Waals surface area (Å²) in [4.78, 5) is 21.8. The first kappa shape index (κ1) is 12.8. The predicted octanol–water partition coefficient (Wildman–Crippen LogP) is 2.15. The average Bonchev–Trinajstić information content (AvgIpc) is 2.87. The van der Waals surface area contributed by atoms with E-state index in [0.29, 0.717) is 12.4 Å². The molecule has 1 aliphatic heterocycles. The van der Waals surface area contributed by atoms with E-state index in [1.165, 1.54) is 16.8 Å². The first-order valence-electron chi connectivity index (χ1n) is 6.17. The van der Waals surface area contributed by atoms with Gasteiger partial charge in [-0.25, -0.2) is 9.97 Å². The number of nitro groups is 1. The van der Waals surface area contributed by atoms with Gasteiger partial charge in [-0.3, -0.25) is 10.1 Å². The quantitative estimate of drug-likeness (QED) is 0.672. The Morgan fingerprint density at radius 2 is 2.35 bits per heavy atom. The standard InChI is InChI=1S/C12H13N5O2S/c1-7-8-3-5-20-9(8)2-4-16(7)12-10(17(18)19)11(13)14-6-15-12/h3,5-7H,2,4H2,1H3,(H2,13,14,15). The Kier molecular flexibility index (Phi) is 3.01. The van der Waals surface area contributed by atoms with Gasteiger partial charge in [-0.15, -0.1) is 11.3 Å². The molecule has 2 aromatic rings. The third-order valence-corrected chi connectivity index (χ3v) is 4.56. The molecule has 2 aromatic heterocycles. The monoisotopic (exact) mass is 291 g/mol. The molecule has 0 radical (unpaired) electrons. The van der Waals surface area contributed by atoms with Crippen molar-refractivity contribution in [2.75, 3.05) is 17.2 Å². The maximum atomic E-state index is 11.2. The molecule has 1 atom stereocenters. The fourth-order valence-corrected chi connectivity index (χ4v) is 3.53. The zero-order chi connectivity index (χ0) is 14.3. The minimum absolute atomic E-state index is 0.0398. The Labute approximate surface area is 119 Å². The van der Waals surface area contributed by atoms with Gasteiger partial charge in [-0.1, -0.05) is 0 Å². The molecule has 1 aliphatic rings. The SMILES string of the molecule is CC1c2ccsc2CCN1c1ncnc(N)c1[N+](=O)[O-]. The number of nitrogen functional groups attached to an aromatic ring is 1. The van der Waals surface area contributed by atoms with Crippen molar-refractivity contribution >= 4 is 28.7 Å². The summed E-state index contributed by atoms with van der Waals surface area (Å²) in [6.07, 6.45) is 2.13. The van der Waals surface area contributed by atoms with E-state index in [1.807, 2.05) is 17.2 Å². The molecule has 0 fully saturated rings. The number of aromatic nitrogens is 2. The van der Waals surface area contributed by atoms with Gasteiger partial charge in [0.1, 0.15) is 6.33 Å². The van der Waals surface area contributed by atoms with Gasteiger partial charge in [0.25, 0.3) is 0 Å². The van der Waals surface area contributed by atoms with Crippen molar-refractivity contribution in [2.45, 2.75) is 19.4 Å². The molecule has 3 heterocycles. The Morgan fingerprint density at radius 3 is 3.10 bits per heavy atom. The number of hydrogen-bond donors (Lipinski definition) is 1. The summed E-state index contributed by atoms with van der Waals surface area (Å²) in [5.74, 6) is 0.204. The second kappa shape index (κ2) is 4.71. The summed E-state index contributed by atoms with van der Waals surface area (Å²) < 4.78 is 0. The molecule has 0 amide bonds. The van der Waals surface area contributed by atoms with Crippen molar-refractivity contribution in [3.8, 4) is 0 Å². The van der Waals surface area contributed by atoms with Gasteiger partial charge >= 0.3 is 5.69 Å². The molecule has 2 N–H and O–H groups in total. The van der Waals surface area contributed by atoms with Crippen LogP contribution in [0.25, 0.3) is 0 Å². The number of nitrogens with two attached hydrogens (primary N) is 1. The molecule has 0 aromatic carbocycles. The summed E-state index contributed by atoms with van der Waals surface area (Å²) in [6.45, 7) is 2.71. The Bertz CT molecular complexity index is 672. The van der Waals surface area contributed by atoms with E-state index in [4.69, 9.17) is 5.73 Å². The van der Waals surface area contributed by atoms with Crippen molar-refractivity contribution in [3.05, 3.63) is 38.3 Å². The third kappa shape index (κ3) is 1.88. The zero-order valence-corrected chi connectivity index (χ0v) is 11.6. The van der Waals surface area contributed by atoms with Crippen LogP contribution in [-0.2, 0) is 6.42 Å². The molecule has 0 saturated heterocycles. The number of hydrogen-bond acceptors (Lipinski definition) is 7. The lowest BCUT2D eigenvalue weighted by Crippen LogP contribution is -2.34. The first-order valence-corrected chi connectivity index (χ1v) is 7.05. The fraction of sp³-hybridized carbons (Fsp3) is 0.333. The summed E-state index contributed by atoms with van der Waals surface area (Å²) in [6, 6.07) is 2.10. The minimum atomic E-state index is -0.513. The molecule has 0 saturated carbocycles. The molecule has 3 rings (SSSR count). The van der Waals surface area contributed by atoms with Gasteiger partial charge in [0.2, 0.25) is 11.6 Å². The molecule has 0 bridgehead atoms. The second-order valence-electron chi connectivity index (χ2n) is 4.61. The van der Waals surface area contributed by atoms with Gasteiger partial charge in [0.05, 0.1) is 11.0 Å². The van der Waals surface area contributed by atoms with Crippen LogP contribution in [0.15, 0.2) is 17.8 Å². The van der Waals surface area contributed by atoms with Gasteiger partial charge in [-0.05, 0) is 30.4 Å². The molecule has 8 heteroatoms. The number of nitrogens with zero attached hydrogens (tertiary/aromatic N) is 4. The first-order chi connectivity index (χ1) is 9.59. The molecule has 0 aliphatic carbocycles. The van der Waals surface area contributed by atoms with E-state index in [0.717, 1.165) is 6.42 Å². The summed E-state index contributed by atoms with van der Waals surface area (Å²) in [5, 5.41) is 13.3. The van der Waals surface area contributed by atoms with Crippen molar-refractivity contribution < 1.29 is 4.92 Å². The minimum Gasteiger partial charge on any atom is -0.378 e. The van der Waals surface area contributed by atoms with Gasteiger partial charge in [-0.2, -0.15) is 0 Å². The summed E-state index contributed by atoms with van der Waals surface area (Å²) in [5.41, 5.74) is 6.62. The van der Waals surface area contributed by atoms with Crippen molar-refractivity contribution in [2.24, 2.45) is 0 Å². The van der Waals surface area contributed by atoms with Gasteiger partial charge in [0, 0.05) is 11.4 Å². The third-order valence-electron chi connectivity index (χ3n) is 3.56. The number of thiophene rings is 1. The average molecular weight is 291 g/mol. The highest BCUT2D eigenvalue weighted by atomic mass is 32.1. The smallest absolute Gasteiger partial charge is 0.353 e. The molecular weight excluding hydrogens is 278 g/mol. The predicted molar refractivity (Wildman–Crippen MR) is 76.9 cm³/mol. The molecule has 0 spiro atoms. The molecule has 20 heavy (non-hydrogen) atoms. The van der Waals surface area contributed by atoms with E-state index < -0.39 is 4.92 Å². The lowest BCUT2D eigenvalue weighted by atomic mass is 10.0. The van der Waals surface area contributed by atoms with E-state index >= 15 is 0 Å². The number of fused-ring (bicyclic) bond motifs is 1. The van der Waals surface area contributed by atoms with Crippen molar-refractivity contribution in [1.82, 2.24) is 9.97 Å². The normalized spacial score (nSPS) is 17.9. The van der Waals surface area contributed by atoms with E-state index in [2.05, 4.69) is 16.0 Å². The van der Waals surface area contributed by atoms with Crippen LogP contribution in [0.5, 0.6) is 0 Å². The van der Waals surface area contributed by atoms with E-state index in [-0.39, 0.29) is 17.5 Å². The second-order valence-corrected chi connectivity index (χ2v) is 5.61. The molecular formula is C12H13N5O2S. The Balaban J connectivity index is 2.07. The molecule has 1 unspecified atom stereocenters. The topological polar surface area (TPSA) is 98.2 Å².